The monoisotopic (exact) mass is 499 g/mol. The number of guanidine groups is 1. The summed E-state index contributed by atoms with van der Waals surface area (Å²) in [6.45, 7) is 6.92. The smallest absolute Gasteiger partial charge is 0.191 e. The summed E-state index contributed by atoms with van der Waals surface area (Å²) in [5, 5.41) is 11.3. The first-order valence-corrected chi connectivity index (χ1v) is 9.33. The first-order chi connectivity index (χ1) is 13.1. The summed E-state index contributed by atoms with van der Waals surface area (Å²) < 4.78 is 13.1. The quantitative estimate of drug-likeness (QED) is 0.348. The third-order valence-corrected chi connectivity index (χ3v) is 4.91. The van der Waals surface area contributed by atoms with E-state index in [1.54, 1.807) is 14.2 Å². The van der Waals surface area contributed by atoms with Crippen LogP contribution < -0.4 is 15.4 Å². The predicted molar refractivity (Wildman–Crippen MR) is 122 cm³/mol. The van der Waals surface area contributed by atoms with Gasteiger partial charge in [-0.25, -0.2) is 0 Å². The van der Waals surface area contributed by atoms with E-state index >= 15 is 0 Å². The molecule has 28 heavy (non-hydrogen) atoms. The molecule has 0 bridgehead atoms. The number of nitrogens with zero attached hydrogens (tertiary/aromatic N) is 3. The Balaban J connectivity index is 0.00000280. The minimum Gasteiger partial charge on any atom is -0.488 e. The Hall–Kier alpha value is -1.81. The van der Waals surface area contributed by atoms with Gasteiger partial charge in [0.15, 0.2) is 5.96 Å². The van der Waals surface area contributed by atoms with E-state index in [1.807, 2.05) is 23.7 Å². The van der Waals surface area contributed by atoms with Crippen LogP contribution in [0.3, 0.4) is 0 Å². The van der Waals surface area contributed by atoms with Gasteiger partial charge in [-0.3, -0.25) is 9.67 Å². The second-order valence-electron chi connectivity index (χ2n) is 6.72. The van der Waals surface area contributed by atoms with E-state index in [1.165, 1.54) is 11.1 Å². The number of rotatable bonds is 7. The molecule has 0 fully saturated rings. The molecule has 2 N–H and O–H groups in total. The van der Waals surface area contributed by atoms with Crippen molar-refractivity contribution in [2.45, 2.75) is 39.5 Å². The minimum absolute atomic E-state index is 0. The first-order valence-electron chi connectivity index (χ1n) is 9.33. The predicted octanol–water partition coefficient (Wildman–Crippen LogP) is 2.43. The van der Waals surface area contributed by atoms with Crippen molar-refractivity contribution in [1.82, 2.24) is 20.4 Å². The largest absolute Gasteiger partial charge is 0.488 e. The van der Waals surface area contributed by atoms with Crippen molar-refractivity contribution in [1.29, 1.82) is 0 Å². The van der Waals surface area contributed by atoms with Crippen molar-refractivity contribution in [3.63, 3.8) is 0 Å². The molecule has 7 nitrogen and oxygen atoms in total. The number of fused-ring (bicyclic) bond motifs is 1. The van der Waals surface area contributed by atoms with E-state index in [2.05, 4.69) is 39.8 Å². The Morgan fingerprint density at radius 1 is 1.32 bits per heavy atom. The Kier molecular flexibility index (Phi) is 8.56. The lowest BCUT2D eigenvalue weighted by atomic mass is 10.1. The summed E-state index contributed by atoms with van der Waals surface area (Å²) in [6.07, 6.45) is 1.05. The van der Waals surface area contributed by atoms with Crippen molar-refractivity contribution in [3.05, 3.63) is 46.8 Å². The Morgan fingerprint density at radius 2 is 2.11 bits per heavy atom. The third-order valence-electron chi connectivity index (χ3n) is 4.91. The number of halogens is 1. The number of hydrogen-bond donors (Lipinski definition) is 2. The van der Waals surface area contributed by atoms with E-state index in [0.717, 1.165) is 36.1 Å². The van der Waals surface area contributed by atoms with Gasteiger partial charge in [-0.15, -0.1) is 24.0 Å². The molecule has 0 spiro atoms. The summed E-state index contributed by atoms with van der Waals surface area (Å²) in [5.41, 5.74) is 4.64. The standard InChI is InChI=1S/C20H29N5O2.HI/c1-14-18(15(2)25(24-14)9-10-26-4)13-23-20(21-3)22-12-17-11-16-7-5-6-8-19(16)27-17;/h5-8,17H,9-13H2,1-4H3,(H2,21,22,23);1H. The molecule has 0 amide bonds. The van der Waals surface area contributed by atoms with Crippen molar-refractivity contribution < 1.29 is 9.47 Å². The number of nitrogens with one attached hydrogen (secondary N) is 2. The van der Waals surface area contributed by atoms with Crippen LogP contribution in [0.5, 0.6) is 5.75 Å². The average Bonchev–Trinajstić information content (AvgIpc) is 3.21. The molecule has 1 unspecified atom stereocenters. The Morgan fingerprint density at radius 3 is 2.82 bits per heavy atom. The maximum atomic E-state index is 5.97. The number of hydrogen-bond acceptors (Lipinski definition) is 4. The zero-order valence-corrected chi connectivity index (χ0v) is 19.3. The zero-order valence-electron chi connectivity index (χ0n) is 17.0. The van der Waals surface area contributed by atoms with Gasteiger partial charge in [-0.1, -0.05) is 18.2 Å². The Bertz CT molecular complexity index is 781. The van der Waals surface area contributed by atoms with E-state index in [4.69, 9.17) is 9.47 Å². The lowest BCUT2D eigenvalue weighted by Gasteiger charge is -2.16. The molecule has 154 valence electrons. The summed E-state index contributed by atoms with van der Waals surface area (Å²) >= 11 is 0. The fraction of sp³-hybridized carbons (Fsp3) is 0.500. The number of ether oxygens (including phenoxy) is 2. The van der Waals surface area contributed by atoms with Crippen LogP contribution in [0.4, 0.5) is 0 Å². The molecular formula is C20H30IN5O2. The van der Waals surface area contributed by atoms with Gasteiger partial charge >= 0.3 is 0 Å². The molecule has 1 aromatic carbocycles. The van der Waals surface area contributed by atoms with Crippen LogP contribution in [-0.2, 0) is 24.2 Å². The SMILES string of the molecule is CN=C(NCc1c(C)nn(CCOC)c1C)NCC1Cc2ccccc2O1.I. The Labute approximate surface area is 183 Å². The van der Waals surface area contributed by atoms with E-state index < -0.39 is 0 Å². The lowest BCUT2D eigenvalue weighted by Crippen LogP contribution is -2.42. The van der Waals surface area contributed by atoms with Crippen LogP contribution in [-0.4, -0.2) is 49.2 Å². The van der Waals surface area contributed by atoms with Gasteiger partial charge in [-0.05, 0) is 25.5 Å². The number of benzene rings is 1. The van der Waals surface area contributed by atoms with Crippen molar-refractivity contribution >= 4 is 29.9 Å². The molecule has 8 heteroatoms. The van der Waals surface area contributed by atoms with Gasteiger partial charge in [0.25, 0.3) is 0 Å². The van der Waals surface area contributed by atoms with Crippen LogP contribution in [0.1, 0.15) is 22.5 Å². The molecule has 0 radical (unpaired) electrons. The molecule has 0 saturated heterocycles. The topological polar surface area (TPSA) is 72.7 Å². The molecule has 3 rings (SSSR count). The van der Waals surface area contributed by atoms with Gasteiger partial charge in [-0.2, -0.15) is 5.10 Å². The highest BCUT2D eigenvalue weighted by atomic mass is 127. The molecule has 1 aliphatic heterocycles. The van der Waals surface area contributed by atoms with Gasteiger partial charge in [0.2, 0.25) is 0 Å². The van der Waals surface area contributed by atoms with Crippen LogP contribution in [0.15, 0.2) is 29.3 Å². The van der Waals surface area contributed by atoms with Gasteiger partial charge in [0.1, 0.15) is 11.9 Å². The second-order valence-corrected chi connectivity index (χ2v) is 6.72. The summed E-state index contributed by atoms with van der Waals surface area (Å²) in [6, 6.07) is 8.20. The second kappa shape index (κ2) is 10.7. The highest BCUT2D eigenvalue weighted by molar-refractivity contribution is 14.0. The van der Waals surface area contributed by atoms with Crippen LogP contribution in [0.2, 0.25) is 0 Å². The fourth-order valence-electron chi connectivity index (χ4n) is 3.36. The maximum absolute atomic E-state index is 5.97. The van der Waals surface area contributed by atoms with Crippen LogP contribution >= 0.6 is 24.0 Å². The number of para-hydroxylation sites is 1. The van der Waals surface area contributed by atoms with E-state index in [0.29, 0.717) is 19.7 Å². The van der Waals surface area contributed by atoms with E-state index in [9.17, 15) is 0 Å². The molecule has 1 aliphatic rings. The molecule has 1 aromatic heterocycles. The van der Waals surface area contributed by atoms with Crippen molar-refractivity contribution in [2.75, 3.05) is 27.3 Å². The molecule has 2 aromatic rings. The zero-order chi connectivity index (χ0) is 19.2. The summed E-state index contributed by atoms with van der Waals surface area (Å²) in [5.74, 6) is 1.75. The molecule has 2 heterocycles. The molecular weight excluding hydrogens is 469 g/mol. The minimum atomic E-state index is 0. The highest BCUT2D eigenvalue weighted by Gasteiger charge is 2.22. The van der Waals surface area contributed by atoms with Crippen molar-refractivity contribution in [2.24, 2.45) is 4.99 Å². The van der Waals surface area contributed by atoms with Crippen molar-refractivity contribution in [3.8, 4) is 5.75 Å². The number of aryl methyl sites for hydroxylation is 1. The lowest BCUT2D eigenvalue weighted by molar-refractivity contribution is 0.182. The fourth-order valence-corrected chi connectivity index (χ4v) is 3.36. The average molecular weight is 499 g/mol. The normalized spacial score (nSPS) is 15.6. The number of aromatic nitrogens is 2. The van der Waals surface area contributed by atoms with Crippen LogP contribution in [0, 0.1) is 13.8 Å². The molecule has 0 saturated carbocycles. The van der Waals surface area contributed by atoms with E-state index in [-0.39, 0.29) is 30.1 Å². The van der Waals surface area contributed by atoms with Gasteiger partial charge in [0.05, 0.1) is 25.4 Å². The first kappa shape index (κ1) is 22.5. The number of methoxy groups -OCH3 is 1. The van der Waals surface area contributed by atoms with Crippen LogP contribution in [0.25, 0.3) is 0 Å². The summed E-state index contributed by atoms with van der Waals surface area (Å²) in [7, 11) is 3.48. The third kappa shape index (κ3) is 5.38. The highest BCUT2D eigenvalue weighted by Crippen LogP contribution is 2.27. The maximum Gasteiger partial charge on any atom is 0.191 e. The molecule has 0 aliphatic carbocycles. The summed E-state index contributed by atoms with van der Waals surface area (Å²) in [4.78, 5) is 4.32. The van der Waals surface area contributed by atoms with Gasteiger partial charge < -0.3 is 20.1 Å². The number of aliphatic imine (C=N–C) groups is 1. The van der Waals surface area contributed by atoms with Gasteiger partial charge in [0, 0.05) is 38.4 Å². The molecule has 1 atom stereocenters.